The molecule has 0 fully saturated rings. The Morgan fingerprint density at radius 1 is 0.800 bits per heavy atom. The van der Waals surface area contributed by atoms with Gasteiger partial charge in [0.2, 0.25) is 0 Å². The molecule has 0 rings (SSSR count). The van der Waals surface area contributed by atoms with E-state index in [2.05, 4.69) is 53.9 Å². The van der Waals surface area contributed by atoms with Crippen LogP contribution in [0.3, 0.4) is 0 Å². The molecule has 0 N–H and O–H groups in total. The molecular weight excluding hydrogens is 284 g/mol. The van der Waals surface area contributed by atoms with Crippen LogP contribution < -0.4 is 51.4 Å². The molecular formula is C13H27KY-2. The molecule has 0 unspecified atom stereocenters. The van der Waals surface area contributed by atoms with E-state index in [-0.39, 0.29) is 84.1 Å². The van der Waals surface area contributed by atoms with Crippen molar-refractivity contribution in [3.05, 3.63) is 19.3 Å². The molecule has 0 aliphatic rings. The van der Waals surface area contributed by atoms with E-state index in [1.165, 1.54) is 25.7 Å². The van der Waals surface area contributed by atoms with Crippen LogP contribution >= 0.6 is 0 Å². The maximum atomic E-state index is 2.25. The zero-order chi connectivity index (χ0) is 10.5. The summed E-state index contributed by atoms with van der Waals surface area (Å²) in [7, 11) is 0. The minimum absolute atomic E-state index is 0. The fraction of sp³-hybridized carbons (Fsp3) is 0.769. The molecule has 2 heteroatoms. The molecule has 85 valence electrons. The summed E-state index contributed by atoms with van der Waals surface area (Å²) in [5, 5.41) is 0. The Kier molecular flexibility index (Phi) is 44.9. The average molecular weight is 311 g/mol. The maximum Gasteiger partial charge on any atom is 1.00 e. The van der Waals surface area contributed by atoms with Gasteiger partial charge >= 0.3 is 51.4 Å². The molecule has 0 heterocycles. The van der Waals surface area contributed by atoms with Crippen molar-refractivity contribution in [3.63, 3.8) is 0 Å². The Hall–Kier alpha value is 2.74. The monoisotopic (exact) mass is 311 g/mol. The fourth-order valence-electron chi connectivity index (χ4n) is 0.833. The number of hydrogen-bond acceptors (Lipinski definition) is 0. The molecule has 0 amide bonds. The number of rotatable bonds is 6. The van der Waals surface area contributed by atoms with E-state index in [1.54, 1.807) is 0 Å². The van der Waals surface area contributed by atoms with Gasteiger partial charge in [0.05, 0.1) is 0 Å². The quantitative estimate of drug-likeness (QED) is 0.399. The molecule has 0 nitrogen and oxygen atoms in total. The second-order valence-electron chi connectivity index (χ2n) is 3.77. The summed E-state index contributed by atoms with van der Waals surface area (Å²) in [6, 6.07) is 0. The smallest absolute Gasteiger partial charge is 0.334 e. The minimum atomic E-state index is 0. The SMILES string of the molecule is C[CH-]CCC(C)C.C[CH-]CC[CH-]C.[K+].[Y]. The molecule has 0 atom stereocenters. The van der Waals surface area contributed by atoms with Crippen LogP contribution in [0.25, 0.3) is 0 Å². The van der Waals surface area contributed by atoms with Crippen molar-refractivity contribution in [2.24, 2.45) is 5.92 Å². The van der Waals surface area contributed by atoms with Crippen molar-refractivity contribution >= 4 is 0 Å². The summed E-state index contributed by atoms with van der Waals surface area (Å²) >= 11 is 0. The predicted octanol–water partition coefficient (Wildman–Crippen LogP) is 1.86. The summed E-state index contributed by atoms with van der Waals surface area (Å²) < 4.78 is 0. The van der Waals surface area contributed by atoms with E-state index in [9.17, 15) is 0 Å². The first kappa shape index (κ1) is 26.3. The summed E-state index contributed by atoms with van der Waals surface area (Å²) in [4.78, 5) is 0. The van der Waals surface area contributed by atoms with Gasteiger partial charge in [0.25, 0.3) is 0 Å². The van der Waals surface area contributed by atoms with Crippen LogP contribution in [-0.2, 0) is 32.7 Å². The fourth-order valence-corrected chi connectivity index (χ4v) is 0.833. The molecule has 0 aliphatic heterocycles. The number of unbranched alkanes of at least 4 members (excludes halogenated alkanes) is 4. The summed E-state index contributed by atoms with van der Waals surface area (Å²) in [5.74, 6) is 0.871. The van der Waals surface area contributed by atoms with Crippen LogP contribution in [0.4, 0.5) is 0 Å². The van der Waals surface area contributed by atoms with E-state index < -0.39 is 0 Å². The van der Waals surface area contributed by atoms with Crippen molar-refractivity contribution < 1.29 is 84.1 Å². The first-order chi connectivity index (χ1) is 6.18. The Labute approximate surface area is 166 Å². The van der Waals surface area contributed by atoms with Gasteiger partial charge < -0.3 is 19.3 Å². The predicted molar refractivity (Wildman–Crippen MR) is 63.2 cm³/mol. The Morgan fingerprint density at radius 2 is 1.13 bits per heavy atom. The molecule has 0 aromatic rings. The van der Waals surface area contributed by atoms with Gasteiger partial charge in [-0.25, -0.2) is 12.8 Å². The zero-order valence-electron chi connectivity index (χ0n) is 11.7. The van der Waals surface area contributed by atoms with E-state index in [0.717, 1.165) is 5.92 Å². The Balaban J connectivity index is -0.0000000718. The van der Waals surface area contributed by atoms with Crippen molar-refractivity contribution in [2.75, 3.05) is 0 Å². The molecule has 0 aliphatic carbocycles. The Morgan fingerprint density at radius 3 is 1.27 bits per heavy atom. The first-order valence-corrected chi connectivity index (χ1v) is 5.52. The van der Waals surface area contributed by atoms with E-state index in [1.807, 2.05) is 0 Å². The third kappa shape index (κ3) is 38.3. The van der Waals surface area contributed by atoms with Gasteiger partial charge in [-0.3, -0.25) is 0 Å². The molecule has 15 heavy (non-hydrogen) atoms. The molecule has 0 aromatic heterocycles. The van der Waals surface area contributed by atoms with Crippen LogP contribution in [-0.4, -0.2) is 0 Å². The van der Waals surface area contributed by atoms with Crippen LogP contribution in [0.5, 0.6) is 0 Å². The third-order valence-corrected chi connectivity index (χ3v) is 1.78. The molecule has 0 saturated carbocycles. The van der Waals surface area contributed by atoms with Crippen molar-refractivity contribution in [1.82, 2.24) is 0 Å². The Bertz CT molecular complexity index is 70.9. The van der Waals surface area contributed by atoms with Gasteiger partial charge in [-0.2, -0.15) is 27.2 Å². The molecule has 0 aromatic carbocycles. The summed E-state index contributed by atoms with van der Waals surface area (Å²) in [5.41, 5.74) is 0. The van der Waals surface area contributed by atoms with Gasteiger partial charge in [0, 0.05) is 32.7 Å². The van der Waals surface area contributed by atoms with Gasteiger partial charge in [-0.15, -0.1) is 0 Å². The average Bonchev–Trinajstić information content (AvgIpc) is 2.12. The second-order valence-corrected chi connectivity index (χ2v) is 3.77. The first-order valence-electron chi connectivity index (χ1n) is 5.52. The van der Waals surface area contributed by atoms with Crippen LogP contribution in [0.15, 0.2) is 0 Å². The van der Waals surface area contributed by atoms with Crippen molar-refractivity contribution in [2.45, 2.75) is 60.3 Å². The van der Waals surface area contributed by atoms with Gasteiger partial charge in [0.1, 0.15) is 0 Å². The molecule has 0 saturated heterocycles. The van der Waals surface area contributed by atoms with Crippen molar-refractivity contribution in [3.8, 4) is 0 Å². The third-order valence-electron chi connectivity index (χ3n) is 1.78. The van der Waals surface area contributed by atoms with Crippen LogP contribution in [0.1, 0.15) is 60.3 Å². The zero-order valence-corrected chi connectivity index (χ0v) is 17.7. The van der Waals surface area contributed by atoms with Crippen molar-refractivity contribution in [1.29, 1.82) is 0 Å². The van der Waals surface area contributed by atoms with Gasteiger partial charge in [-0.05, 0) is 5.92 Å². The standard InChI is InChI=1S/C7H15.C6H12.K.Y/c1-4-5-6-7(2)3;1-3-5-6-4-2;;/h4,7H,5-6H2,1-3H3;3-4H,5-6H2,1-2H3;;/q-1;-2;+1;. The summed E-state index contributed by atoms with van der Waals surface area (Å²) in [6.45, 7) is 10.8. The summed E-state index contributed by atoms with van der Waals surface area (Å²) in [6.07, 6.45) is 11.7. The second kappa shape index (κ2) is 25.6. The molecule has 1 radical (unpaired) electrons. The number of hydrogen-bond donors (Lipinski definition) is 0. The normalized spacial score (nSPS) is 8.40. The maximum absolute atomic E-state index is 2.25. The van der Waals surface area contributed by atoms with E-state index >= 15 is 0 Å². The molecule has 0 bridgehead atoms. The van der Waals surface area contributed by atoms with Gasteiger partial charge in [0.15, 0.2) is 0 Å². The van der Waals surface area contributed by atoms with Gasteiger partial charge in [-0.1, -0.05) is 20.3 Å². The molecule has 0 spiro atoms. The minimum Gasteiger partial charge on any atom is -0.334 e. The van der Waals surface area contributed by atoms with E-state index in [0.29, 0.717) is 0 Å². The van der Waals surface area contributed by atoms with Crippen LogP contribution in [0.2, 0.25) is 0 Å². The topological polar surface area (TPSA) is 0 Å². The van der Waals surface area contributed by atoms with Crippen LogP contribution in [0, 0.1) is 25.2 Å². The van der Waals surface area contributed by atoms with E-state index in [4.69, 9.17) is 0 Å². The largest absolute Gasteiger partial charge is 1.00 e.